The van der Waals surface area contributed by atoms with Gasteiger partial charge in [-0.25, -0.2) is 0 Å². The lowest BCUT2D eigenvalue weighted by Gasteiger charge is -2.28. The van der Waals surface area contributed by atoms with Crippen LogP contribution in [0.15, 0.2) is 30.3 Å². The molecule has 3 N–H and O–H groups in total. The fraction of sp³-hybridized carbons (Fsp3) is 0.381. The predicted octanol–water partition coefficient (Wildman–Crippen LogP) is 2.71. The standard InChI is InChI=1S/C21H23ClF2N4O5S/c1-2-25-13(10-26-20(31)16-5-6-17(22)34-16)19(30)27-12-3-4-14(15(9-12)33-21(23)24)28-7-8-32-11-18(28)29/h3-6,9,13,21,25H,2,7-8,10-11H2,1H3,(H,26,31)(H,27,30)/t13-/m0/s1. The Morgan fingerprint density at radius 2 is 2.09 bits per heavy atom. The summed E-state index contributed by atoms with van der Waals surface area (Å²) in [6.07, 6.45) is 0. The topological polar surface area (TPSA) is 109 Å². The SMILES string of the molecule is CCN[C@@H](CNC(=O)c1ccc(Cl)s1)C(=O)Nc1ccc(N2CCOCC2=O)c(OC(F)F)c1. The Morgan fingerprint density at radius 3 is 2.74 bits per heavy atom. The van der Waals surface area contributed by atoms with E-state index in [0.717, 1.165) is 11.3 Å². The zero-order valence-electron chi connectivity index (χ0n) is 18.1. The van der Waals surface area contributed by atoms with Gasteiger partial charge in [-0.05, 0) is 30.8 Å². The molecule has 2 aromatic rings. The summed E-state index contributed by atoms with van der Waals surface area (Å²) in [5.41, 5.74) is 0.334. The second-order valence-electron chi connectivity index (χ2n) is 7.07. The molecule has 184 valence electrons. The normalized spacial score (nSPS) is 14.7. The lowest BCUT2D eigenvalue weighted by atomic mass is 10.2. The third-order valence-corrected chi connectivity index (χ3v) is 5.98. The van der Waals surface area contributed by atoms with E-state index < -0.39 is 24.5 Å². The van der Waals surface area contributed by atoms with Gasteiger partial charge in [0, 0.05) is 24.8 Å². The first kappa shape index (κ1) is 25.8. The molecule has 9 nitrogen and oxygen atoms in total. The number of anilines is 2. The number of morpholine rings is 1. The van der Waals surface area contributed by atoms with E-state index in [1.165, 1.54) is 23.1 Å². The van der Waals surface area contributed by atoms with Crippen molar-refractivity contribution in [2.24, 2.45) is 0 Å². The molecule has 0 unspecified atom stereocenters. The molecule has 34 heavy (non-hydrogen) atoms. The van der Waals surface area contributed by atoms with Crippen molar-refractivity contribution in [1.29, 1.82) is 0 Å². The number of carbonyl (C=O) groups is 3. The molecule has 3 rings (SSSR count). The number of nitrogens with zero attached hydrogens (tertiary/aromatic N) is 1. The molecule has 0 aliphatic carbocycles. The molecular formula is C21H23ClF2N4O5S. The van der Waals surface area contributed by atoms with Gasteiger partial charge in [-0.1, -0.05) is 18.5 Å². The van der Waals surface area contributed by atoms with E-state index in [4.69, 9.17) is 16.3 Å². The summed E-state index contributed by atoms with van der Waals surface area (Å²) in [4.78, 5) is 38.9. The highest BCUT2D eigenvalue weighted by molar-refractivity contribution is 7.18. The summed E-state index contributed by atoms with van der Waals surface area (Å²) in [6.45, 7) is -0.639. The van der Waals surface area contributed by atoms with Gasteiger partial charge >= 0.3 is 6.61 Å². The first-order valence-corrected chi connectivity index (χ1v) is 11.5. The minimum Gasteiger partial charge on any atom is -0.433 e. The molecule has 0 radical (unpaired) electrons. The van der Waals surface area contributed by atoms with Crippen molar-refractivity contribution in [2.75, 3.05) is 43.1 Å². The maximum atomic E-state index is 13.0. The predicted molar refractivity (Wildman–Crippen MR) is 124 cm³/mol. The van der Waals surface area contributed by atoms with Gasteiger partial charge in [-0.15, -0.1) is 11.3 Å². The summed E-state index contributed by atoms with van der Waals surface area (Å²) in [5.74, 6) is -1.52. The molecule has 1 atom stereocenters. The molecule has 1 aromatic carbocycles. The number of rotatable bonds is 10. The van der Waals surface area contributed by atoms with Gasteiger partial charge in [0.05, 0.1) is 21.5 Å². The van der Waals surface area contributed by atoms with E-state index in [1.807, 2.05) is 0 Å². The van der Waals surface area contributed by atoms with Crippen LogP contribution in [0.1, 0.15) is 16.6 Å². The molecule has 13 heteroatoms. The third-order valence-electron chi connectivity index (χ3n) is 4.75. The maximum absolute atomic E-state index is 13.0. The number of alkyl halides is 2. The molecule has 1 aromatic heterocycles. The summed E-state index contributed by atoms with van der Waals surface area (Å²) >= 11 is 6.96. The highest BCUT2D eigenvalue weighted by Gasteiger charge is 2.25. The van der Waals surface area contributed by atoms with Crippen LogP contribution in [0.2, 0.25) is 4.34 Å². The van der Waals surface area contributed by atoms with E-state index in [0.29, 0.717) is 15.8 Å². The van der Waals surface area contributed by atoms with Gasteiger partial charge in [0.2, 0.25) is 5.91 Å². The minimum absolute atomic E-state index is 0.0191. The monoisotopic (exact) mass is 516 g/mol. The Morgan fingerprint density at radius 1 is 1.29 bits per heavy atom. The van der Waals surface area contributed by atoms with Crippen molar-refractivity contribution in [2.45, 2.75) is 19.6 Å². The van der Waals surface area contributed by atoms with Crippen molar-refractivity contribution >= 4 is 52.0 Å². The van der Waals surface area contributed by atoms with Crippen LogP contribution < -0.4 is 25.6 Å². The quantitative estimate of drug-likeness (QED) is 0.448. The first-order valence-electron chi connectivity index (χ1n) is 10.3. The number of amides is 3. The summed E-state index contributed by atoms with van der Waals surface area (Å²) in [7, 11) is 0. The Balaban J connectivity index is 1.71. The van der Waals surface area contributed by atoms with Crippen LogP contribution in [-0.4, -0.2) is 63.2 Å². The van der Waals surface area contributed by atoms with Crippen LogP contribution in [-0.2, 0) is 14.3 Å². The maximum Gasteiger partial charge on any atom is 0.387 e. The number of likely N-dealkylation sites (N-methyl/N-ethyl adjacent to an activating group) is 1. The Bertz CT molecular complexity index is 1040. The van der Waals surface area contributed by atoms with Gasteiger partial charge in [0.1, 0.15) is 12.6 Å². The highest BCUT2D eigenvalue weighted by atomic mass is 35.5. The molecule has 0 bridgehead atoms. The van der Waals surface area contributed by atoms with Crippen molar-refractivity contribution in [1.82, 2.24) is 10.6 Å². The average molecular weight is 517 g/mol. The highest BCUT2D eigenvalue weighted by Crippen LogP contribution is 2.33. The summed E-state index contributed by atoms with van der Waals surface area (Å²) in [6, 6.07) is 6.49. The fourth-order valence-corrected chi connectivity index (χ4v) is 4.19. The number of benzene rings is 1. The average Bonchev–Trinajstić information content (AvgIpc) is 3.23. The molecule has 2 heterocycles. The van der Waals surface area contributed by atoms with Crippen LogP contribution >= 0.6 is 22.9 Å². The number of hydrogen-bond acceptors (Lipinski definition) is 7. The van der Waals surface area contributed by atoms with Gasteiger partial charge in [0.25, 0.3) is 11.8 Å². The lowest BCUT2D eigenvalue weighted by molar-refractivity contribution is -0.125. The molecule has 1 aliphatic heterocycles. The van der Waals surface area contributed by atoms with Crippen molar-refractivity contribution in [3.05, 3.63) is 39.5 Å². The number of thiophene rings is 1. The van der Waals surface area contributed by atoms with E-state index in [-0.39, 0.29) is 49.3 Å². The number of hydrogen-bond donors (Lipinski definition) is 3. The zero-order valence-corrected chi connectivity index (χ0v) is 19.7. The number of nitrogens with one attached hydrogen (secondary N) is 3. The van der Waals surface area contributed by atoms with Crippen LogP contribution in [0, 0.1) is 0 Å². The Hall–Kier alpha value is -2.80. The molecule has 1 saturated heterocycles. The van der Waals surface area contributed by atoms with Crippen LogP contribution in [0.5, 0.6) is 5.75 Å². The molecule has 0 spiro atoms. The van der Waals surface area contributed by atoms with Crippen LogP contribution in [0.25, 0.3) is 0 Å². The van der Waals surface area contributed by atoms with Gasteiger partial charge in [0.15, 0.2) is 5.75 Å². The smallest absolute Gasteiger partial charge is 0.387 e. The van der Waals surface area contributed by atoms with Crippen molar-refractivity contribution < 1.29 is 32.6 Å². The Kier molecular flexibility index (Phi) is 9.16. The van der Waals surface area contributed by atoms with Crippen LogP contribution in [0.3, 0.4) is 0 Å². The molecule has 0 saturated carbocycles. The number of halogens is 3. The lowest BCUT2D eigenvalue weighted by Crippen LogP contribution is -2.48. The van der Waals surface area contributed by atoms with E-state index in [1.54, 1.807) is 19.1 Å². The van der Waals surface area contributed by atoms with Gasteiger partial charge < -0.3 is 30.3 Å². The minimum atomic E-state index is -3.13. The second kappa shape index (κ2) is 12.1. The summed E-state index contributed by atoms with van der Waals surface area (Å²) in [5, 5.41) is 8.26. The van der Waals surface area contributed by atoms with E-state index in [9.17, 15) is 23.2 Å². The first-order chi connectivity index (χ1) is 16.3. The van der Waals surface area contributed by atoms with Gasteiger partial charge in [-0.3, -0.25) is 14.4 Å². The molecule has 3 amide bonds. The zero-order chi connectivity index (χ0) is 24.7. The fourth-order valence-electron chi connectivity index (χ4n) is 3.23. The molecule has 1 aliphatic rings. The number of ether oxygens (including phenoxy) is 2. The van der Waals surface area contributed by atoms with Gasteiger partial charge in [-0.2, -0.15) is 8.78 Å². The van der Waals surface area contributed by atoms with Crippen molar-refractivity contribution in [3.63, 3.8) is 0 Å². The molecule has 1 fully saturated rings. The van der Waals surface area contributed by atoms with E-state index >= 15 is 0 Å². The third kappa shape index (κ3) is 6.86. The molecular weight excluding hydrogens is 494 g/mol. The van der Waals surface area contributed by atoms with Crippen molar-refractivity contribution in [3.8, 4) is 5.75 Å². The van der Waals surface area contributed by atoms with Crippen LogP contribution in [0.4, 0.5) is 20.2 Å². The van der Waals surface area contributed by atoms with E-state index in [2.05, 4.69) is 20.7 Å². The number of carbonyl (C=O) groups excluding carboxylic acids is 3. The summed E-state index contributed by atoms with van der Waals surface area (Å²) < 4.78 is 36.2. The largest absolute Gasteiger partial charge is 0.433 e. The Labute approximate surface area is 203 Å². The second-order valence-corrected chi connectivity index (χ2v) is 8.79.